The van der Waals surface area contributed by atoms with Gasteiger partial charge in [0.1, 0.15) is 11.6 Å². The molecular formula is C16H18FIN4. The summed E-state index contributed by atoms with van der Waals surface area (Å²) in [6.07, 6.45) is 3.71. The number of anilines is 1. The molecule has 1 aromatic heterocycles. The molecule has 2 aromatic rings. The molecule has 3 N–H and O–H groups in total. The van der Waals surface area contributed by atoms with Gasteiger partial charge in [-0.3, -0.25) is 4.99 Å². The second kappa shape index (κ2) is 7.04. The molecule has 0 amide bonds. The number of nitrogens with zero attached hydrogens (tertiary/aromatic N) is 2. The molecule has 4 nitrogen and oxygen atoms in total. The van der Waals surface area contributed by atoms with Crippen LogP contribution in [0.15, 0.2) is 53.7 Å². The van der Waals surface area contributed by atoms with Crippen molar-refractivity contribution in [3.63, 3.8) is 0 Å². The third-order valence-corrected chi connectivity index (χ3v) is 3.76. The predicted octanol–water partition coefficient (Wildman–Crippen LogP) is 3.30. The predicted molar refractivity (Wildman–Crippen MR) is 97.1 cm³/mol. The number of benzene rings is 1. The highest BCUT2D eigenvalue weighted by Crippen LogP contribution is 2.48. The van der Waals surface area contributed by atoms with Crippen molar-refractivity contribution in [1.82, 2.24) is 4.98 Å². The first-order valence-corrected chi connectivity index (χ1v) is 6.92. The Kier molecular flexibility index (Phi) is 5.33. The summed E-state index contributed by atoms with van der Waals surface area (Å²) in [6.45, 7) is 0.558. The first kappa shape index (κ1) is 16.7. The third-order valence-electron chi connectivity index (χ3n) is 3.76. The lowest BCUT2D eigenvalue weighted by Gasteiger charge is -2.13. The highest BCUT2D eigenvalue weighted by molar-refractivity contribution is 14.0. The molecule has 1 fully saturated rings. The molecule has 1 aliphatic rings. The molecule has 3 rings (SSSR count). The van der Waals surface area contributed by atoms with Crippen molar-refractivity contribution in [1.29, 1.82) is 0 Å². The van der Waals surface area contributed by atoms with Crippen LogP contribution in [0.25, 0.3) is 0 Å². The van der Waals surface area contributed by atoms with Crippen LogP contribution in [0, 0.1) is 5.82 Å². The minimum Gasteiger partial charge on any atom is -0.370 e. The second-order valence-electron chi connectivity index (χ2n) is 5.33. The molecule has 0 radical (unpaired) electrons. The monoisotopic (exact) mass is 412 g/mol. The molecular weight excluding hydrogens is 394 g/mol. The molecule has 116 valence electrons. The zero-order valence-electron chi connectivity index (χ0n) is 12.0. The van der Waals surface area contributed by atoms with E-state index in [-0.39, 0.29) is 35.2 Å². The Balaban J connectivity index is 0.00000176. The normalized spacial score (nSPS) is 15.8. The van der Waals surface area contributed by atoms with Crippen LogP contribution in [0.3, 0.4) is 0 Å². The summed E-state index contributed by atoms with van der Waals surface area (Å²) < 4.78 is 13.3. The lowest BCUT2D eigenvalue weighted by molar-refractivity contribution is 0.616. The van der Waals surface area contributed by atoms with E-state index in [4.69, 9.17) is 5.73 Å². The van der Waals surface area contributed by atoms with E-state index in [0.29, 0.717) is 18.3 Å². The number of halogens is 2. The summed E-state index contributed by atoms with van der Waals surface area (Å²) in [4.78, 5) is 8.51. The van der Waals surface area contributed by atoms with Gasteiger partial charge in [0.25, 0.3) is 0 Å². The van der Waals surface area contributed by atoms with Gasteiger partial charge in [0, 0.05) is 11.6 Å². The van der Waals surface area contributed by atoms with Gasteiger partial charge < -0.3 is 11.1 Å². The van der Waals surface area contributed by atoms with Crippen LogP contribution in [0.1, 0.15) is 18.4 Å². The maximum atomic E-state index is 13.3. The Hall–Kier alpha value is -1.70. The summed E-state index contributed by atoms with van der Waals surface area (Å²) in [7, 11) is 0. The van der Waals surface area contributed by atoms with E-state index in [1.54, 1.807) is 18.3 Å². The minimum atomic E-state index is -0.206. The number of rotatable bonds is 4. The van der Waals surface area contributed by atoms with Crippen molar-refractivity contribution >= 4 is 35.8 Å². The first-order valence-electron chi connectivity index (χ1n) is 6.92. The van der Waals surface area contributed by atoms with Crippen molar-refractivity contribution in [3.8, 4) is 0 Å². The second-order valence-corrected chi connectivity index (χ2v) is 5.33. The standard InChI is InChI=1S/C16H17FN4.HI/c17-13-5-3-4-12(10-13)16(7-8-16)11-20-15(18)21-14-6-1-2-9-19-14;/h1-6,9-10H,7-8,11H2,(H3,18,19,20,21);1H. The van der Waals surface area contributed by atoms with Crippen molar-refractivity contribution in [2.45, 2.75) is 18.3 Å². The summed E-state index contributed by atoms with van der Waals surface area (Å²) in [5.74, 6) is 0.785. The number of nitrogens with one attached hydrogen (secondary N) is 1. The average molecular weight is 412 g/mol. The quantitative estimate of drug-likeness (QED) is 0.460. The van der Waals surface area contributed by atoms with Gasteiger partial charge in [0.05, 0.1) is 6.54 Å². The molecule has 0 aliphatic heterocycles. The van der Waals surface area contributed by atoms with Crippen LogP contribution >= 0.6 is 24.0 Å². The lowest BCUT2D eigenvalue weighted by atomic mass is 9.96. The van der Waals surface area contributed by atoms with Gasteiger partial charge in [-0.25, -0.2) is 9.37 Å². The van der Waals surface area contributed by atoms with E-state index < -0.39 is 0 Å². The molecule has 1 aromatic carbocycles. The van der Waals surface area contributed by atoms with Gasteiger partial charge in [-0.1, -0.05) is 18.2 Å². The van der Waals surface area contributed by atoms with E-state index >= 15 is 0 Å². The Morgan fingerprint density at radius 2 is 2.09 bits per heavy atom. The largest absolute Gasteiger partial charge is 0.370 e. The average Bonchev–Trinajstić information content (AvgIpc) is 3.28. The Morgan fingerprint density at radius 1 is 1.27 bits per heavy atom. The van der Waals surface area contributed by atoms with Gasteiger partial charge in [-0.05, 0) is 42.7 Å². The van der Waals surface area contributed by atoms with Crippen molar-refractivity contribution in [2.75, 3.05) is 11.9 Å². The van der Waals surface area contributed by atoms with E-state index in [0.717, 1.165) is 18.4 Å². The fourth-order valence-electron chi connectivity index (χ4n) is 2.35. The minimum absolute atomic E-state index is 0. The molecule has 0 saturated heterocycles. The highest BCUT2D eigenvalue weighted by Gasteiger charge is 2.44. The zero-order chi connectivity index (χ0) is 14.7. The Morgan fingerprint density at radius 3 is 2.73 bits per heavy atom. The van der Waals surface area contributed by atoms with Gasteiger partial charge in [0.2, 0.25) is 0 Å². The summed E-state index contributed by atoms with van der Waals surface area (Å²) in [6, 6.07) is 12.3. The number of aromatic nitrogens is 1. The van der Waals surface area contributed by atoms with Gasteiger partial charge in [-0.2, -0.15) is 0 Å². The number of pyridine rings is 1. The van der Waals surface area contributed by atoms with Crippen LogP contribution < -0.4 is 11.1 Å². The lowest BCUT2D eigenvalue weighted by Crippen LogP contribution is -2.25. The Labute approximate surface area is 146 Å². The van der Waals surface area contributed by atoms with Gasteiger partial charge in [-0.15, -0.1) is 24.0 Å². The number of hydrogen-bond donors (Lipinski definition) is 2. The van der Waals surface area contributed by atoms with Gasteiger partial charge in [0.15, 0.2) is 5.96 Å². The van der Waals surface area contributed by atoms with Crippen molar-refractivity contribution < 1.29 is 4.39 Å². The van der Waals surface area contributed by atoms with Gasteiger partial charge >= 0.3 is 0 Å². The van der Waals surface area contributed by atoms with E-state index in [2.05, 4.69) is 15.3 Å². The van der Waals surface area contributed by atoms with Crippen LogP contribution in [0.5, 0.6) is 0 Å². The van der Waals surface area contributed by atoms with E-state index in [9.17, 15) is 4.39 Å². The van der Waals surface area contributed by atoms with E-state index in [1.807, 2.05) is 24.3 Å². The fraction of sp³-hybridized carbons (Fsp3) is 0.250. The summed E-state index contributed by atoms with van der Waals surface area (Å²) >= 11 is 0. The van der Waals surface area contributed by atoms with Crippen LogP contribution in [-0.2, 0) is 5.41 Å². The molecule has 1 aliphatic carbocycles. The number of guanidine groups is 1. The molecule has 1 saturated carbocycles. The van der Waals surface area contributed by atoms with E-state index in [1.165, 1.54) is 6.07 Å². The Bertz CT molecular complexity index is 656. The molecule has 0 spiro atoms. The van der Waals surface area contributed by atoms with Crippen molar-refractivity contribution in [2.24, 2.45) is 10.7 Å². The zero-order valence-corrected chi connectivity index (χ0v) is 14.3. The number of aliphatic imine (C=N–C) groups is 1. The third kappa shape index (κ3) is 3.94. The van der Waals surface area contributed by atoms with Crippen LogP contribution in [0.2, 0.25) is 0 Å². The topological polar surface area (TPSA) is 63.3 Å². The van der Waals surface area contributed by atoms with Crippen LogP contribution in [0.4, 0.5) is 10.2 Å². The molecule has 0 bridgehead atoms. The molecule has 22 heavy (non-hydrogen) atoms. The number of hydrogen-bond acceptors (Lipinski definition) is 2. The van der Waals surface area contributed by atoms with Crippen molar-refractivity contribution in [3.05, 3.63) is 60.0 Å². The molecule has 0 unspecified atom stereocenters. The first-order chi connectivity index (χ1) is 10.2. The molecule has 1 heterocycles. The fourth-order valence-corrected chi connectivity index (χ4v) is 2.35. The summed E-state index contributed by atoms with van der Waals surface area (Å²) in [5, 5.41) is 2.95. The summed E-state index contributed by atoms with van der Waals surface area (Å²) in [5.41, 5.74) is 6.81. The van der Waals surface area contributed by atoms with Crippen LogP contribution in [-0.4, -0.2) is 17.5 Å². The SMILES string of the molecule is I.NC(=NCC1(c2cccc(F)c2)CC1)Nc1ccccn1. The maximum absolute atomic E-state index is 13.3. The maximum Gasteiger partial charge on any atom is 0.194 e. The smallest absolute Gasteiger partial charge is 0.194 e. The molecule has 0 atom stereocenters. The molecule has 6 heteroatoms. The number of nitrogens with two attached hydrogens (primary N) is 1. The highest BCUT2D eigenvalue weighted by atomic mass is 127.